The first kappa shape index (κ1) is 10.5. The standard InChI is InChI=1S/C9H12ClNOS/c1-7(11-9(12)6-10)5-8-3-2-4-13-8/h2-4,7H,5-6H2,1H3,(H,11,12). The van der Waals surface area contributed by atoms with Crippen molar-refractivity contribution in [3.63, 3.8) is 0 Å². The molecule has 0 fully saturated rings. The average Bonchev–Trinajstić information content (AvgIpc) is 2.56. The summed E-state index contributed by atoms with van der Waals surface area (Å²) in [6, 6.07) is 4.23. The summed E-state index contributed by atoms with van der Waals surface area (Å²) < 4.78 is 0. The van der Waals surface area contributed by atoms with Crippen LogP contribution in [0, 0.1) is 0 Å². The molecular formula is C9H12ClNOS. The van der Waals surface area contributed by atoms with E-state index >= 15 is 0 Å². The van der Waals surface area contributed by atoms with Gasteiger partial charge in [0.15, 0.2) is 0 Å². The van der Waals surface area contributed by atoms with Crippen LogP contribution in [0.2, 0.25) is 0 Å². The van der Waals surface area contributed by atoms with Crippen LogP contribution in [0.5, 0.6) is 0 Å². The quantitative estimate of drug-likeness (QED) is 0.769. The van der Waals surface area contributed by atoms with E-state index in [0.29, 0.717) is 0 Å². The van der Waals surface area contributed by atoms with E-state index in [0.717, 1.165) is 6.42 Å². The first-order chi connectivity index (χ1) is 6.22. The fraction of sp³-hybridized carbons (Fsp3) is 0.444. The summed E-state index contributed by atoms with van der Waals surface area (Å²) in [5.74, 6) is -0.0693. The summed E-state index contributed by atoms with van der Waals surface area (Å²) in [6.45, 7) is 1.98. The Morgan fingerprint density at radius 1 is 1.77 bits per heavy atom. The van der Waals surface area contributed by atoms with Crippen molar-refractivity contribution in [1.29, 1.82) is 0 Å². The number of thiophene rings is 1. The Morgan fingerprint density at radius 2 is 2.54 bits per heavy atom. The van der Waals surface area contributed by atoms with E-state index in [4.69, 9.17) is 11.6 Å². The Hall–Kier alpha value is -0.540. The lowest BCUT2D eigenvalue weighted by Crippen LogP contribution is -2.34. The molecule has 72 valence electrons. The Morgan fingerprint density at radius 3 is 3.08 bits per heavy atom. The second kappa shape index (κ2) is 5.25. The molecule has 2 nitrogen and oxygen atoms in total. The summed E-state index contributed by atoms with van der Waals surface area (Å²) in [7, 11) is 0. The van der Waals surface area contributed by atoms with E-state index in [2.05, 4.69) is 11.4 Å². The van der Waals surface area contributed by atoms with E-state index in [1.807, 2.05) is 18.4 Å². The predicted molar refractivity (Wildman–Crippen MR) is 56.3 cm³/mol. The van der Waals surface area contributed by atoms with Crippen molar-refractivity contribution in [3.8, 4) is 0 Å². The topological polar surface area (TPSA) is 29.1 Å². The van der Waals surface area contributed by atoms with Gasteiger partial charge in [-0.05, 0) is 18.4 Å². The molecule has 1 atom stereocenters. The molecule has 0 aliphatic heterocycles. The van der Waals surface area contributed by atoms with Gasteiger partial charge in [-0.1, -0.05) is 6.07 Å². The fourth-order valence-electron chi connectivity index (χ4n) is 1.09. The molecule has 1 aromatic heterocycles. The van der Waals surface area contributed by atoms with Crippen molar-refractivity contribution in [2.75, 3.05) is 5.88 Å². The number of carbonyl (C=O) groups excluding carboxylic acids is 1. The van der Waals surface area contributed by atoms with Crippen LogP contribution in [-0.2, 0) is 11.2 Å². The largest absolute Gasteiger partial charge is 0.352 e. The monoisotopic (exact) mass is 217 g/mol. The van der Waals surface area contributed by atoms with Crippen molar-refractivity contribution < 1.29 is 4.79 Å². The van der Waals surface area contributed by atoms with Crippen LogP contribution in [0.15, 0.2) is 17.5 Å². The number of rotatable bonds is 4. The summed E-state index contributed by atoms with van der Waals surface area (Å²) in [5.41, 5.74) is 0. The lowest BCUT2D eigenvalue weighted by atomic mass is 10.2. The number of alkyl halides is 1. The minimum Gasteiger partial charge on any atom is -0.352 e. The molecule has 1 N–H and O–H groups in total. The lowest BCUT2D eigenvalue weighted by molar-refractivity contribution is -0.119. The number of carbonyl (C=O) groups is 1. The van der Waals surface area contributed by atoms with Crippen LogP contribution in [0.25, 0.3) is 0 Å². The maximum Gasteiger partial charge on any atom is 0.235 e. The highest BCUT2D eigenvalue weighted by Gasteiger charge is 2.06. The van der Waals surface area contributed by atoms with Crippen molar-refractivity contribution in [3.05, 3.63) is 22.4 Å². The average molecular weight is 218 g/mol. The normalized spacial score (nSPS) is 12.5. The zero-order chi connectivity index (χ0) is 9.68. The SMILES string of the molecule is CC(Cc1cccs1)NC(=O)CCl. The predicted octanol–water partition coefficient (Wildman–Crippen LogP) is 2.03. The van der Waals surface area contributed by atoms with E-state index < -0.39 is 0 Å². The Balaban J connectivity index is 2.33. The zero-order valence-electron chi connectivity index (χ0n) is 7.42. The molecule has 13 heavy (non-hydrogen) atoms. The van der Waals surface area contributed by atoms with E-state index in [1.165, 1.54) is 4.88 Å². The summed E-state index contributed by atoms with van der Waals surface area (Å²) in [4.78, 5) is 12.2. The van der Waals surface area contributed by atoms with Gasteiger partial charge in [-0.2, -0.15) is 0 Å². The minimum atomic E-state index is -0.106. The van der Waals surface area contributed by atoms with Gasteiger partial charge in [0.2, 0.25) is 5.91 Å². The van der Waals surface area contributed by atoms with Crippen LogP contribution in [0.3, 0.4) is 0 Å². The molecule has 1 heterocycles. The third-order valence-corrected chi connectivity index (χ3v) is 2.76. The van der Waals surface area contributed by atoms with Crippen LogP contribution >= 0.6 is 22.9 Å². The summed E-state index contributed by atoms with van der Waals surface area (Å²) in [5, 5.41) is 4.84. The van der Waals surface area contributed by atoms with Crippen LogP contribution in [-0.4, -0.2) is 17.8 Å². The van der Waals surface area contributed by atoms with Gasteiger partial charge in [0, 0.05) is 17.3 Å². The highest BCUT2D eigenvalue weighted by Crippen LogP contribution is 2.10. The Labute approximate surface area is 86.9 Å². The van der Waals surface area contributed by atoms with Crippen molar-refractivity contribution in [2.45, 2.75) is 19.4 Å². The van der Waals surface area contributed by atoms with Crippen LogP contribution in [0.4, 0.5) is 0 Å². The third kappa shape index (κ3) is 3.79. The number of hydrogen-bond acceptors (Lipinski definition) is 2. The van der Waals surface area contributed by atoms with Crippen molar-refractivity contribution in [2.24, 2.45) is 0 Å². The maximum absolute atomic E-state index is 10.9. The zero-order valence-corrected chi connectivity index (χ0v) is 8.99. The molecule has 0 bridgehead atoms. The van der Waals surface area contributed by atoms with Gasteiger partial charge in [0.1, 0.15) is 5.88 Å². The smallest absolute Gasteiger partial charge is 0.235 e. The third-order valence-electron chi connectivity index (χ3n) is 1.62. The van der Waals surface area contributed by atoms with Crippen LogP contribution < -0.4 is 5.32 Å². The molecular weight excluding hydrogens is 206 g/mol. The molecule has 0 saturated heterocycles. The number of nitrogens with one attached hydrogen (secondary N) is 1. The van der Waals surface area contributed by atoms with Gasteiger partial charge in [0.05, 0.1) is 0 Å². The molecule has 1 amide bonds. The molecule has 0 saturated carbocycles. The number of hydrogen-bond donors (Lipinski definition) is 1. The highest BCUT2D eigenvalue weighted by molar-refractivity contribution is 7.09. The molecule has 0 aliphatic rings. The number of amides is 1. The molecule has 0 aromatic carbocycles. The second-order valence-electron chi connectivity index (χ2n) is 2.89. The van der Waals surface area contributed by atoms with Gasteiger partial charge in [0.25, 0.3) is 0 Å². The first-order valence-corrected chi connectivity index (χ1v) is 5.51. The maximum atomic E-state index is 10.9. The Kier molecular flexibility index (Phi) is 4.25. The second-order valence-corrected chi connectivity index (χ2v) is 4.19. The van der Waals surface area contributed by atoms with Crippen molar-refractivity contribution in [1.82, 2.24) is 5.32 Å². The van der Waals surface area contributed by atoms with Gasteiger partial charge in [-0.25, -0.2) is 0 Å². The highest BCUT2D eigenvalue weighted by atomic mass is 35.5. The summed E-state index contributed by atoms with van der Waals surface area (Å²) in [6.07, 6.45) is 0.875. The van der Waals surface area contributed by atoms with E-state index in [9.17, 15) is 4.79 Å². The van der Waals surface area contributed by atoms with E-state index in [1.54, 1.807) is 11.3 Å². The van der Waals surface area contributed by atoms with Gasteiger partial charge in [-0.3, -0.25) is 4.79 Å². The molecule has 4 heteroatoms. The first-order valence-electron chi connectivity index (χ1n) is 4.10. The van der Waals surface area contributed by atoms with Gasteiger partial charge >= 0.3 is 0 Å². The Bertz CT molecular complexity index is 261. The lowest BCUT2D eigenvalue weighted by Gasteiger charge is -2.11. The van der Waals surface area contributed by atoms with E-state index in [-0.39, 0.29) is 17.8 Å². The van der Waals surface area contributed by atoms with Crippen molar-refractivity contribution >= 4 is 28.8 Å². The van der Waals surface area contributed by atoms with Gasteiger partial charge < -0.3 is 5.32 Å². The fourth-order valence-corrected chi connectivity index (χ4v) is 2.01. The summed E-state index contributed by atoms with van der Waals surface area (Å²) >= 11 is 7.07. The van der Waals surface area contributed by atoms with Crippen LogP contribution in [0.1, 0.15) is 11.8 Å². The van der Waals surface area contributed by atoms with Gasteiger partial charge in [-0.15, -0.1) is 22.9 Å². The molecule has 1 unspecified atom stereocenters. The minimum absolute atomic E-state index is 0.0365. The molecule has 0 spiro atoms. The molecule has 1 rings (SSSR count). The molecule has 1 aromatic rings. The molecule has 0 radical (unpaired) electrons. The number of halogens is 1. The molecule has 0 aliphatic carbocycles.